The molecule has 5 heteroatoms. The summed E-state index contributed by atoms with van der Waals surface area (Å²) in [5.74, 6) is 1.38. The summed E-state index contributed by atoms with van der Waals surface area (Å²) in [6, 6.07) is 15.9. The molecule has 0 atom stereocenters. The second-order valence-electron chi connectivity index (χ2n) is 5.68. The summed E-state index contributed by atoms with van der Waals surface area (Å²) in [5, 5.41) is 12.3. The number of aryl methyl sites for hydroxylation is 1. The van der Waals surface area contributed by atoms with E-state index < -0.39 is 0 Å². The summed E-state index contributed by atoms with van der Waals surface area (Å²) in [6.07, 6.45) is 1.78. The van der Waals surface area contributed by atoms with Crippen LogP contribution >= 0.6 is 11.3 Å². The van der Waals surface area contributed by atoms with Crippen molar-refractivity contribution in [3.8, 4) is 28.8 Å². The lowest BCUT2D eigenvalue weighted by atomic mass is 10.1. The minimum Gasteiger partial charge on any atom is -0.497 e. The van der Waals surface area contributed by atoms with Gasteiger partial charge in [-0.05, 0) is 31.2 Å². The van der Waals surface area contributed by atoms with E-state index in [1.54, 1.807) is 20.3 Å². The maximum Gasteiger partial charge on any atom is 0.134 e. The average Bonchev–Trinajstić information content (AvgIpc) is 3.16. The topological polar surface area (TPSA) is 55.1 Å². The molecule has 0 N–H and O–H groups in total. The van der Waals surface area contributed by atoms with Gasteiger partial charge in [-0.2, -0.15) is 5.26 Å². The minimum absolute atomic E-state index is 0.486. The minimum atomic E-state index is 0.486. The van der Waals surface area contributed by atoms with Gasteiger partial charge in [0.05, 0.1) is 25.5 Å². The first-order valence-electron chi connectivity index (χ1n) is 8.01. The number of benzene rings is 2. The van der Waals surface area contributed by atoms with E-state index in [2.05, 4.69) is 23.2 Å². The molecule has 130 valence electrons. The molecule has 0 aliphatic carbocycles. The summed E-state index contributed by atoms with van der Waals surface area (Å²) in [7, 11) is 3.21. The first-order chi connectivity index (χ1) is 12.6. The fraction of sp³-hybridized carbons (Fsp3) is 0.143. The van der Waals surface area contributed by atoms with Crippen molar-refractivity contribution in [3.63, 3.8) is 0 Å². The summed E-state index contributed by atoms with van der Waals surface area (Å²) in [6.45, 7) is 2.05. The molecule has 0 bridgehead atoms. The Labute approximate surface area is 157 Å². The Bertz CT molecular complexity index is 982. The zero-order valence-electron chi connectivity index (χ0n) is 14.8. The van der Waals surface area contributed by atoms with E-state index in [9.17, 15) is 5.26 Å². The number of allylic oxidation sites excluding steroid dienone is 1. The summed E-state index contributed by atoms with van der Waals surface area (Å²) < 4.78 is 10.7. The molecule has 1 heterocycles. The smallest absolute Gasteiger partial charge is 0.134 e. The fourth-order valence-electron chi connectivity index (χ4n) is 2.50. The zero-order valence-corrected chi connectivity index (χ0v) is 15.6. The third kappa shape index (κ3) is 3.76. The number of ether oxygens (including phenoxy) is 2. The van der Waals surface area contributed by atoms with Crippen molar-refractivity contribution in [2.45, 2.75) is 6.92 Å². The van der Waals surface area contributed by atoms with Crippen LogP contribution in [-0.4, -0.2) is 19.2 Å². The highest BCUT2D eigenvalue weighted by molar-refractivity contribution is 7.11. The normalized spacial score (nSPS) is 11.1. The third-order valence-electron chi connectivity index (χ3n) is 3.94. The van der Waals surface area contributed by atoms with E-state index in [0.717, 1.165) is 16.8 Å². The van der Waals surface area contributed by atoms with Gasteiger partial charge < -0.3 is 9.47 Å². The number of hydrogen-bond acceptors (Lipinski definition) is 5. The van der Waals surface area contributed by atoms with Gasteiger partial charge in [0.25, 0.3) is 0 Å². The first-order valence-corrected chi connectivity index (χ1v) is 8.89. The van der Waals surface area contributed by atoms with Crippen LogP contribution in [0.25, 0.3) is 22.9 Å². The predicted octanol–water partition coefficient (Wildman–Crippen LogP) is 5.20. The summed E-state index contributed by atoms with van der Waals surface area (Å²) in [5.41, 5.74) is 4.36. The van der Waals surface area contributed by atoms with Gasteiger partial charge in [-0.3, -0.25) is 0 Å². The SMILES string of the molecule is COc1ccc(OC)c(/C=C(\C#N)c2nc(-c3ccc(C)cc3)cs2)c1. The molecular weight excluding hydrogens is 344 g/mol. The quantitative estimate of drug-likeness (QED) is 0.585. The van der Waals surface area contributed by atoms with Gasteiger partial charge in [0.15, 0.2) is 0 Å². The Hall–Kier alpha value is -3.10. The maximum absolute atomic E-state index is 9.62. The standard InChI is InChI=1S/C21H18N2O2S/c1-14-4-6-15(7-5-14)19-13-26-21(23-19)17(12-22)10-16-11-18(24-2)8-9-20(16)25-3/h4-11,13H,1-3H3/b17-10+. The van der Waals surface area contributed by atoms with Crippen molar-refractivity contribution in [2.24, 2.45) is 0 Å². The zero-order chi connectivity index (χ0) is 18.5. The molecule has 26 heavy (non-hydrogen) atoms. The van der Waals surface area contributed by atoms with E-state index in [-0.39, 0.29) is 0 Å². The lowest BCUT2D eigenvalue weighted by Crippen LogP contribution is -1.90. The van der Waals surface area contributed by atoms with E-state index in [1.165, 1.54) is 16.9 Å². The van der Waals surface area contributed by atoms with Crippen molar-refractivity contribution in [1.82, 2.24) is 4.98 Å². The van der Waals surface area contributed by atoms with Gasteiger partial charge in [0.2, 0.25) is 0 Å². The van der Waals surface area contributed by atoms with Crippen molar-refractivity contribution >= 4 is 23.0 Å². The first kappa shape index (κ1) is 17.7. The Morgan fingerprint density at radius 2 is 1.88 bits per heavy atom. The molecule has 0 fully saturated rings. The van der Waals surface area contributed by atoms with Crippen LogP contribution in [0.5, 0.6) is 11.5 Å². The third-order valence-corrected chi connectivity index (χ3v) is 4.81. The molecule has 3 rings (SSSR count). The molecule has 0 aliphatic rings. The van der Waals surface area contributed by atoms with E-state index in [0.29, 0.717) is 22.1 Å². The van der Waals surface area contributed by atoms with Crippen LogP contribution in [0.15, 0.2) is 47.8 Å². The van der Waals surface area contributed by atoms with Crippen LogP contribution in [0.3, 0.4) is 0 Å². The molecule has 0 saturated carbocycles. The Morgan fingerprint density at radius 3 is 2.54 bits per heavy atom. The highest BCUT2D eigenvalue weighted by atomic mass is 32.1. The van der Waals surface area contributed by atoms with Crippen molar-refractivity contribution in [1.29, 1.82) is 5.26 Å². The van der Waals surface area contributed by atoms with E-state index in [4.69, 9.17) is 9.47 Å². The van der Waals surface area contributed by atoms with Gasteiger partial charge >= 0.3 is 0 Å². The number of aromatic nitrogens is 1. The second-order valence-corrected chi connectivity index (χ2v) is 6.54. The van der Waals surface area contributed by atoms with Crippen LogP contribution in [0.2, 0.25) is 0 Å². The van der Waals surface area contributed by atoms with Gasteiger partial charge in [-0.15, -0.1) is 11.3 Å². The molecule has 4 nitrogen and oxygen atoms in total. The van der Waals surface area contributed by atoms with Crippen LogP contribution in [0.1, 0.15) is 16.1 Å². The number of rotatable bonds is 5. The van der Waals surface area contributed by atoms with Crippen molar-refractivity contribution in [3.05, 3.63) is 64.0 Å². The molecule has 2 aromatic carbocycles. The number of nitrogens with zero attached hydrogens (tertiary/aromatic N) is 2. The van der Waals surface area contributed by atoms with Gasteiger partial charge in [-0.1, -0.05) is 29.8 Å². The lowest BCUT2D eigenvalue weighted by molar-refractivity contribution is 0.402. The Morgan fingerprint density at radius 1 is 1.12 bits per heavy atom. The molecule has 0 saturated heterocycles. The monoisotopic (exact) mass is 362 g/mol. The highest BCUT2D eigenvalue weighted by Crippen LogP contribution is 2.31. The molecule has 0 radical (unpaired) electrons. The Balaban J connectivity index is 1.99. The average molecular weight is 362 g/mol. The van der Waals surface area contributed by atoms with Crippen LogP contribution in [-0.2, 0) is 0 Å². The number of hydrogen-bond donors (Lipinski definition) is 0. The van der Waals surface area contributed by atoms with E-state index in [1.807, 2.05) is 42.6 Å². The summed E-state index contributed by atoms with van der Waals surface area (Å²) in [4.78, 5) is 4.63. The number of thiazole rings is 1. The highest BCUT2D eigenvalue weighted by Gasteiger charge is 2.11. The molecule has 0 spiro atoms. The van der Waals surface area contributed by atoms with Gasteiger partial charge in [0, 0.05) is 16.5 Å². The van der Waals surface area contributed by atoms with Crippen molar-refractivity contribution < 1.29 is 9.47 Å². The van der Waals surface area contributed by atoms with Crippen molar-refractivity contribution in [2.75, 3.05) is 14.2 Å². The van der Waals surface area contributed by atoms with Crippen LogP contribution in [0, 0.1) is 18.3 Å². The molecule has 1 aromatic heterocycles. The van der Waals surface area contributed by atoms with Gasteiger partial charge in [0.1, 0.15) is 22.6 Å². The Kier molecular flexibility index (Phi) is 5.35. The second kappa shape index (κ2) is 7.85. The van der Waals surface area contributed by atoms with E-state index >= 15 is 0 Å². The molecule has 0 aliphatic heterocycles. The van der Waals surface area contributed by atoms with Gasteiger partial charge in [-0.25, -0.2) is 4.98 Å². The molecule has 0 unspecified atom stereocenters. The maximum atomic E-state index is 9.62. The molecular formula is C21H18N2O2S. The lowest BCUT2D eigenvalue weighted by Gasteiger charge is -2.07. The summed E-state index contributed by atoms with van der Waals surface area (Å²) >= 11 is 1.45. The van der Waals surface area contributed by atoms with Crippen LogP contribution in [0.4, 0.5) is 0 Å². The number of methoxy groups -OCH3 is 2. The fourth-order valence-corrected chi connectivity index (χ4v) is 3.30. The molecule has 3 aromatic rings. The number of nitriles is 1. The predicted molar refractivity (Wildman–Crippen MR) is 105 cm³/mol. The van der Waals surface area contributed by atoms with Crippen LogP contribution < -0.4 is 9.47 Å². The molecule has 0 amide bonds. The largest absolute Gasteiger partial charge is 0.497 e.